The highest BCUT2D eigenvalue weighted by Crippen LogP contribution is 2.34. The molecule has 236 valence electrons. The van der Waals surface area contributed by atoms with Crippen molar-refractivity contribution in [3.63, 3.8) is 0 Å². The van der Waals surface area contributed by atoms with Crippen LogP contribution < -0.4 is 29.6 Å². The predicted octanol–water partition coefficient (Wildman–Crippen LogP) is 9.13. The van der Waals surface area contributed by atoms with Crippen LogP contribution in [0, 0.1) is 0 Å². The van der Waals surface area contributed by atoms with Crippen LogP contribution in [-0.2, 0) is 0 Å². The highest BCUT2D eigenvalue weighted by Gasteiger charge is 2.22. The summed E-state index contributed by atoms with van der Waals surface area (Å²) in [6.07, 6.45) is 3.97. The first-order valence-electron chi connectivity index (χ1n) is 15.7. The van der Waals surface area contributed by atoms with Crippen molar-refractivity contribution in [2.75, 3.05) is 37.1 Å². The molecule has 0 fully saturated rings. The Morgan fingerprint density at radius 1 is 0.435 bits per heavy atom. The second-order valence-electron chi connectivity index (χ2n) is 10.0. The highest BCUT2D eigenvalue weighted by atomic mass is 16.5. The van der Waals surface area contributed by atoms with Gasteiger partial charge >= 0.3 is 0 Å². The number of hydrogen-bond donors (Lipinski definition) is 2. The van der Waals surface area contributed by atoms with Crippen molar-refractivity contribution in [2.24, 2.45) is 9.98 Å². The van der Waals surface area contributed by atoms with Gasteiger partial charge in [-0.3, -0.25) is 0 Å². The number of allylic oxidation sites excluding steroid dienone is 2. The minimum atomic E-state index is 0.525. The van der Waals surface area contributed by atoms with Crippen molar-refractivity contribution >= 4 is 34.2 Å². The standard InChI is InChI=1S/C38H40N4O4/c1-5-43-35-21-13-9-17-27(35)39-31-25-33(41-29-19-11-15-23-37(29)45-7-3)34(42-30-20-12-16-24-38(30)46-8-4)26-32(31)40-28-18-10-14-22-36(28)44-6-2/h9-26,39,42H,5-8H2,1-4H3. The van der Waals surface area contributed by atoms with Crippen molar-refractivity contribution in [1.29, 1.82) is 0 Å². The van der Waals surface area contributed by atoms with E-state index in [-0.39, 0.29) is 0 Å². The lowest BCUT2D eigenvalue weighted by atomic mass is 10.0. The van der Waals surface area contributed by atoms with E-state index in [9.17, 15) is 0 Å². The van der Waals surface area contributed by atoms with Crippen LogP contribution in [0.1, 0.15) is 27.7 Å². The minimum Gasteiger partial charge on any atom is -0.492 e. The first-order valence-corrected chi connectivity index (χ1v) is 15.7. The van der Waals surface area contributed by atoms with Gasteiger partial charge in [0.15, 0.2) is 0 Å². The normalized spacial score (nSPS) is 14.3. The summed E-state index contributed by atoms with van der Waals surface area (Å²) in [5.41, 5.74) is 5.84. The lowest BCUT2D eigenvalue weighted by Gasteiger charge is -2.23. The molecular formula is C38H40N4O4. The third kappa shape index (κ3) is 7.95. The van der Waals surface area contributed by atoms with Crippen LogP contribution in [0.15, 0.2) is 131 Å². The van der Waals surface area contributed by atoms with Crippen LogP contribution in [-0.4, -0.2) is 37.9 Å². The number of hydrogen-bond acceptors (Lipinski definition) is 8. The first kappa shape index (κ1) is 31.9. The molecule has 1 aliphatic carbocycles. The van der Waals surface area contributed by atoms with Gasteiger partial charge in [-0.15, -0.1) is 0 Å². The van der Waals surface area contributed by atoms with Crippen molar-refractivity contribution in [1.82, 2.24) is 0 Å². The Bertz CT molecular complexity index is 1630. The number of nitrogens with zero attached hydrogens (tertiary/aromatic N) is 2. The van der Waals surface area contributed by atoms with Crippen LogP contribution in [0.3, 0.4) is 0 Å². The Balaban J connectivity index is 1.70. The second-order valence-corrected chi connectivity index (χ2v) is 10.0. The number of anilines is 2. The molecule has 5 rings (SSSR count). The van der Waals surface area contributed by atoms with Gasteiger partial charge in [-0.1, -0.05) is 48.5 Å². The number of ether oxygens (including phenoxy) is 4. The maximum atomic E-state index is 5.95. The number of aliphatic imine (C=N–C) groups is 2. The zero-order chi connectivity index (χ0) is 32.1. The van der Waals surface area contributed by atoms with E-state index in [1.807, 2.05) is 137 Å². The molecule has 0 saturated carbocycles. The van der Waals surface area contributed by atoms with E-state index >= 15 is 0 Å². The maximum Gasteiger partial charge on any atom is 0.144 e. The van der Waals surface area contributed by atoms with E-state index in [1.165, 1.54) is 0 Å². The second kappa shape index (κ2) is 16.0. The van der Waals surface area contributed by atoms with Crippen LogP contribution in [0.25, 0.3) is 0 Å². The van der Waals surface area contributed by atoms with E-state index in [4.69, 9.17) is 28.9 Å². The molecule has 0 amide bonds. The monoisotopic (exact) mass is 616 g/mol. The summed E-state index contributed by atoms with van der Waals surface area (Å²) in [6.45, 7) is 9.98. The van der Waals surface area contributed by atoms with Gasteiger partial charge in [0.25, 0.3) is 0 Å². The number of rotatable bonds is 14. The van der Waals surface area contributed by atoms with Gasteiger partial charge in [0.05, 0.1) is 60.6 Å². The van der Waals surface area contributed by atoms with Crippen molar-refractivity contribution in [3.8, 4) is 23.0 Å². The number of para-hydroxylation sites is 8. The molecule has 8 heteroatoms. The molecule has 8 nitrogen and oxygen atoms in total. The molecule has 0 heterocycles. The molecule has 0 atom stereocenters. The summed E-state index contributed by atoms with van der Waals surface area (Å²) >= 11 is 0. The molecule has 4 aromatic rings. The van der Waals surface area contributed by atoms with Crippen LogP contribution in [0.4, 0.5) is 22.7 Å². The molecule has 0 spiro atoms. The van der Waals surface area contributed by atoms with Gasteiger partial charge < -0.3 is 29.6 Å². The largest absolute Gasteiger partial charge is 0.492 e. The lowest BCUT2D eigenvalue weighted by molar-refractivity contribution is 0.341. The molecule has 1 aliphatic rings. The van der Waals surface area contributed by atoms with Crippen molar-refractivity contribution < 1.29 is 18.9 Å². The fourth-order valence-corrected chi connectivity index (χ4v) is 4.87. The zero-order valence-electron chi connectivity index (χ0n) is 26.7. The highest BCUT2D eigenvalue weighted by molar-refractivity contribution is 6.26. The first-order chi connectivity index (χ1) is 22.6. The van der Waals surface area contributed by atoms with E-state index in [0.717, 1.165) is 34.3 Å². The molecule has 46 heavy (non-hydrogen) atoms. The third-order valence-electron chi connectivity index (χ3n) is 6.84. The molecule has 0 radical (unpaired) electrons. The van der Waals surface area contributed by atoms with E-state index in [1.54, 1.807) is 0 Å². The molecule has 0 saturated heterocycles. The Kier molecular flexibility index (Phi) is 11.1. The maximum absolute atomic E-state index is 5.95. The summed E-state index contributed by atoms with van der Waals surface area (Å²) in [7, 11) is 0. The van der Waals surface area contributed by atoms with Gasteiger partial charge in [-0.2, -0.15) is 0 Å². The molecule has 0 unspecified atom stereocenters. The Hall–Kier alpha value is -5.50. The summed E-state index contributed by atoms with van der Waals surface area (Å²) in [4.78, 5) is 10.2. The van der Waals surface area contributed by atoms with Gasteiger partial charge in [0.1, 0.15) is 34.4 Å². The SMILES string of the molecule is CCOc1ccccc1N=C1C=C(Nc2ccccc2OCC)C(=Nc2ccccc2OCC)C=C1Nc1ccccc1OCC. The molecule has 2 N–H and O–H groups in total. The lowest BCUT2D eigenvalue weighted by Crippen LogP contribution is -2.22. The van der Waals surface area contributed by atoms with Gasteiger partial charge in [-0.25, -0.2) is 9.98 Å². The predicted molar refractivity (Wildman–Crippen MR) is 188 cm³/mol. The quantitative estimate of drug-likeness (QED) is 0.137. The Morgan fingerprint density at radius 3 is 1.15 bits per heavy atom. The van der Waals surface area contributed by atoms with Gasteiger partial charge in [-0.05, 0) is 88.4 Å². The molecule has 4 aromatic carbocycles. The van der Waals surface area contributed by atoms with E-state index < -0.39 is 0 Å². The summed E-state index contributed by atoms with van der Waals surface area (Å²) in [5, 5.41) is 7.17. The van der Waals surface area contributed by atoms with Gasteiger partial charge in [0, 0.05) is 0 Å². The zero-order valence-corrected chi connectivity index (χ0v) is 26.7. The minimum absolute atomic E-state index is 0.525. The van der Waals surface area contributed by atoms with Crippen LogP contribution >= 0.6 is 0 Å². The van der Waals surface area contributed by atoms with Gasteiger partial charge in [0.2, 0.25) is 0 Å². The summed E-state index contributed by atoms with van der Waals surface area (Å²) in [5.74, 6) is 2.86. The van der Waals surface area contributed by atoms with Crippen LogP contribution in [0.2, 0.25) is 0 Å². The molecular weight excluding hydrogens is 576 g/mol. The van der Waals surface area contributed by atoms with E-state index in [0.29, 0.717) is 60.7 Å². The average molecular weight is 617 g/mol. The van der Waals surface area contributed by atoms with E-state index in [2.05, 4.69) is 10.6 Å². The Labute approximate surface area is 271 Å². The third-order valence-corrected chi connectivity index (χ3v) is 6.84. The molecule has 0 aromatic heterocycles. The topological polar surface area (TPSA) is 85.7 Å². The molecule has 0 aliphatic heterocycles. The average Bonchev–Trinajstić information content (AvgIpc) is 3.07. The van der Waals surface area contributed by atoms with Crippen molar-refractivity contribution in [2.45, 2.75) is 27.7 Å². The fraction of sp³-hybridized carbons (Fsp3) is 0.211. The van der Waals surface area contributed by atoms with Crippen LogP contribution in [0.5, 0.6) is 23.0 Å². The Morgan fingerprint density at radius 2 is 0.761 bits per heavy atom. The van der Waals surface area contributed by atoms with Crippen molar-refractivity contribution in [3.05, 3.63) is 121 Å². The summed E-state index contributed by atoms with van der Waals surface area (Å²) in [6, 6.07) is 31.2. The summed E-state index contributed by atoms with van der Waals surface area (Å²) < 4.78 is 23.7. The number of nitrogens with one attached hydrogen (secondary N) is 2. The fourth-order valence-electron chi connectivity index (χ4n) is 4.87. The number of benzene rings is 4. The smallest absolute Gasteiger partial charge is 0.144 e. The molecule has 0 bridgehead atoms.